The molecule has 0 aromatic heterocycles. The molecule has 0 bridgehead atoms. The summed E-state index contributed by atoms with van der Waals surface area (Å²) >= 11 is 0. The summed E-state index contributed by atoms with van der Waals surface area (Å²) in [5.74, 6) is -3.16. The predicted octanol–water partition coefficient (Wildman–Crippen LogP) is 1.98. The minimum atomic E-state index is -5.27. The molecule has 0 fully saturated rings. The van der Waals surface area contributed by atoms with Crippen LogP contribution in [-0.4, -0.2) is 55.0 Å². The van der Waals surface area contributed by atoms with E-state index >= 15 is 0 Å². The molecule has 3 aromatic rings. The zero-order valence-corrected chi connectivity index (χ0v) is 21.0. The second-order valence-electron chi connectivity index (χ2n) is 7.24. The molecule has 0 aliphatic carbocycles. The Bertz CT molecular complexity index is 1790. The summed E-state index contributed by atoms with van der Waals surface area (Å²) in [5, 5.41) is 31.7. The number of phenols is 2. The quantitative estimate of drug-likeness (QED) is 0.0396. The fourth-order valence-electron chi connectivity index (χ4n) is 2.85. The van der Waals surface area contributed by atoms with Gasteiger partial charge in [-0.2, -0.15) is 30.4 Å². The first-order chi connectivity index (χ1) is 17.5. The molecule has 0 saturated carbocycles. The molecular formula is C19H17N5O11S3. The highest BCUT2D eigenvalue weighted by Gasteiger charge is 2.27. The Morgan fingerprint density at radius 3 is 1.89 bits per heavy atom. The van der Waals surface area contributed by atoms with E-state index in [4.69, 9.17) is 5.73 Å². The van der Waals surface area contributed by atoms with Crippen molar-refractivity contribution in [2.24, 2.45) is 15.3 Å². The number of amidine groups is 1. The van der Waals surface area contributed by atoms with Gasteiger partial charge in [0.2, 0.25) is 5.84 Å². The minimum absolute atomic E-state index is 0.269. The summed E-state index contributed by atoms with van der Waals surface area (Å²) in [6, 6.07) is 10.3. The van der Waals surface area contributed by atoms with E-state index in [1.165, 1.54) is 12.1 Å². The predicted molar refractivity (Wildman–Crippen MR) is 131 cm³/mol. The van der Waals surface area contributed by atoms with Gasteiger partial charge in [-0.25, -0.2) is 0 Å². The van der Waals surface area contributed by atoms with Crippen LogP contribution in [0.15, 0.2) is 84.6 Å². The van der Waals surface area contributed by atoms with Crippen LogP contribution >= 0.6 is 0 Å². The molecule has 0 unspecified atom stereocenters. The van der Waals surface area contributed by atoms with Crippen LogP contribution in [0.5, 0.6) is 11.5 Å². The van der Waals surface area contributed by atoms with Gasteiger partial charge in [0.05, 0.1) is 16.1 Å². The maximum Gasteiger partial charge on any atom is 0.298 e. The molecule has 0 radical (unpaired) electrons. The van der Waals surface area contributed by atoms with Crippen LogP contribution < -0.4 is 11.2 Å². The van der Waals surface area contributed by atoms with Crippen molar-refractivity contribution in [2.75, 3.05) is 11.2 Å². The number of rotatable bonds is 7. The Labute approximate surface area is 215 Å². The number of nitrogens with one attached hydrogen (secondary N) is 1. The van der Waals surface area contributed by atoms with Crippen LogP contribution in [-0.2, 0) is 30.4 Å². The normalized spacial score (nSPS) is 13.1. The fraction of sp³-hybridized carbons (Fsp3) is 0. The molecule has 3 rings (SSSR count). The van der Waals surface area contributed by atoms with Gasteiger partial charge < -0.3 is 15.9 Å². The third-order valence-electron chi connectivity index (χ3n) is 4.54. The van der Waals surface area contributed by atoms with Gasteiger partial charge in [-0.05, 0) is 36.4 Å². The van der Waals surface area contributed by atoms with Gasteiger partial charge in [-0.15, -0.1) is 10.2 Å². The lowest BCUT2D eigenvalue weighted by molar-refractivity contribution is 0.440. The summed E-state index contributed by atoms with van der Waals surface area (Å²) in [5.41, 5.74) is 6.59. The van der Waals surface area contributed by atoms with Gasteiger partial charge in [0.1, 0.15) is 21.2 Å². The number of hydrazone groups is 1. The van der Waals surface area contributed by atoms with E-state index in [2.05, 4.69) is 20.8 Å². The molecular weight excluding hydrogens is 570 g/mol. The summed E-state index contributed by atoms with van der Waals surface area (Å²) < 4.78 is 98.2. The van der Waals surface area contributed by atoms with Crippen molar-refractivity contribution in [2.45, 2.75) is 14.7 Å². The third kappa shape index (κ3) is 6.59. The number of anilines is 2. The van der Waals surface area contributed by atoms with Crippen molar-refractivity contribution in [3.63, 3.8) is 0 Å². The number of nitrogen functional groups attached to an aromatic ring is 1. The van der Waals surface area contributed by atoms with Crippen molar-refractivity contribution in [3.05, 3.63) is 60.2 Å². The first-order valence-electron chi connectivity index (χ1n) is 9.71. The minimum Gasteiger partial charge on any atom is -0.506 e. The van der Waals surface area contributed by atoms with Crippen LogP contribution in [0.2, 0.25) is 0 Å². The summed E-state index contributed by atoms with van der Waals surface area (Å²) in [6.07, 6.45) is 0. The fourth-order valence-corrected chi connectivity index (χ4v) is 4.73. The molecule has 0 saturated heterocycles. The Kier molecular flexibility index (Phi) is 7.72. The molecule has 16 nitrogen and oxygen atoms in total. The van der Waals surface area contributed by atoms with Crippen molar-refractivity contribution >= 4 is 53.3 Å². The van der Waals surface area contributed by atoms with E-state index in [9.17, 15) is 49.1 Å². The first-order valence-corrected chi connectivity index (χ1v) is 14.0. The van der Waals surface area contributed by atoms with E-state index < -0.39 is 73.6 Å². The average Bonchev–Trinajstić information content (AvgIpc) is 2.80. The van der Waals surface area contributed by atoms with Gasteiger partial charge in [-0.3, -0.25) is 19.1 Å². The maximum absolute atomic E-state index is 11.8. The number of nitrogens with zero attached hydrogens (tertiary/aromatic N) is 3. The summed E-state index contributed by atoms with van der Waals surface area (Å²) in [4.78, 5) is -3.47. The maximum atomic E-state index is 11.8. The average molecular weight is 588 g/mol. The Hall–Kier alpha value is -4.14. The molecule has 0 aliphatic rings. The number of nitrogens with two attached hydrogens (primary N) is 1. The van der Waals surface area contributed by atoms with Gasteiger partial charge in [-0.1, -0.05) is 18.2 Å². The van der Waals surface area contributed by atoms with Gasteiger partial charge in [0.25, 0.3) is 30.4 Å². The monoisotopic (exact) mass is 587 g/mol. The second-order valence-corrected chi connectivity index (χ2v) is 11.4. The number of benzene rings is 3. The molecule has 19 heteroatoms. The Morgan fingerprint density at radius 1 is 0.763 bits per heavy atom. The van der Waals surface area contributed by atoms with Crippen LogP contribution in [0, 0.1) is 0 Å². The number of phenolic OH excluding ortho intramolecular Hbond substituents is 2. The molecule has 0 spiro atoms. The molecule has 3 aromatic carbocycles. The lowest BCUT2D eigenvalue weighted by Crippen LogP contribution is -2.09. The molecule has 0 amide bonds. The number of para-hydroxylation sites is 1. The second kappa shape index (κ2) is 10.3. The highest BCUT2D eigenvalue weighted by molar-refractivity contribution is 7.86. The summed E-state index contributed by atoms with van der Waals surface area (Å²) in [6.45, 7) is 0. The molecule has 0 heterocycles. The largest absolute Gasteiger partial charge is 0.506 e. The standard InChI is InChI=1S/C19H17N5O11S3/c20-10-6-14(18(26)15(7-10)37(30,31)32)22-24-19(23-21-11-4-2-1-3-5-11)13-8-12(36(27,28)29)9-16(17(13)25)38(33,34)35/h1-9,21,25-26H,20H2,(H,27,28,29)(H,30,31,32)(H,33,34,35). The SMILES string of the molecule is Nc1cc(N=NC(=NNc2ccccc2)c2cc(S(=O)(=O)O)cc(S(=O)(=O)O)c2O)c(O)c(S(=O)(=O)O)c1. The van der Waals surface area contributed by atoms with Gasteiger partial charge >= 0.3 is 0 Å². The molecule has 202 valence electrons. The molecule has 0 atom stereocenters. The van der Waals surface area contributed by atoms with Gasteiger partial charge in [0, 0.05) is 5.69 Å². The van der Waals surface area contributed by atoms with Crippen molar-refractivity contribution in [1.82, 2.24) is 0 Å². The van der Waals surface area contributed by atoms with Crippen LogP contribution in [0.4, 0.5) is 17.1 Å². The zero-order valence-electron chi connectivity index (χ0n) is 18.5. The number of azo groups is 1. The van der Waals surface area contributed by atoms with Crippen molar-refractivity contribution in [1.29, 1.82) is 0 Å². The van der Waals surface area contributed by atoms with Crippen LogP contribution in [0.1, 0.15) is 5.56 Å². The van der Waals surface area contributed by atoms with Crippen LogP contribution in [0.25, 0.3) is 0 Å². The smallest absolute Gasteiger partial charge is 0.298 e. The lowest BCUT2D eigenvalue weighted by Gasteiger charge is -2.11. The van der Waals surface area contributed by atoms with Crippen molar-refractivity contribution < 1.29 is 49.1 Å². The van der Waals surface area contributed by atoms with E-state index in [1.54, 1.807) is 18.2 Å². The molecule has 0 aliphatic heterocycles. The summed E-state index contributed by atoms with van der Waals surface area (Å²) in [7, 11) is -15.3. The highest BCUT2D eigenvalue weighted by Crippen LogP contribution is 2.37. The molecule has 8 N–H and O–H groups in total. The first kappa shape index (κ1) is 28.4. The number of hydrogen-bond donors (Lipinski definition) is 7. The highest BCUT2D eigenvalue weighted by atomic mass is 32.2. The van der Waals surface area contributed by atoms with Crippen molar-refractivity contribution in [3.8, 4) is 11.5 Å². The third-order valence-corrected chi connectivity index (χ3v) is 7.10. The van der Waals surface area contributed by atoms with Crippen LogP contribution in [0.3, 0.4) is 0 Å². The number of hydrogen-bond acceptors (Lipinski definition) is 12. The Balaban J connectivity index is 2.30. The van der Waals surface area contributed by atoms with E-state index in [0.29, 0.717) is 11.8 Å². The zero-order chi connectivity index (χ0) is 28.5. The number of aromatic hydroxyl groups is 2. The Morgan fingerprint density at radius 2 is 1.34 bits per heavy atom. The van der Waals surface area contributed by atoms with E-state index in [0.717, 1.165) is 12.1 Å². The topological polar surface area (TPSA) is 279 Å². The van der Waals surface area contributed by atoms with E-state index in [-0.39, 0.29) is 11.8 Å². The van der Waals surface area contributed by atoms with E-state index in [1.807, 2.05) is 0 Å². The van der Waals surface area contributed by atoms with Gasteiger partial charge in [0.15, 0.2) is 5.75 Å². The lowest BCUT2D eigenvalue weighted by atomic mass is 10.2. The molecule has 38 heavy (non-hydrogen) atoms.